The molecule has 0 heterocycles. The highest BCUT2D eigenvalue weighted by Gasteiger charge is 2.07. The Morgan fingerprint density at radius 2 is 1.90 bits per heavy atom. The monoisotopic (exact) mass is 350 g/mol. The molecule has 0 amide bonds. The molecule has 0 saturated carbocycles. The van der Waals surface area contributed by atoms with E-state index in [1.54, 1.807) is 12.1 Å². The van der Waals surface area contributed by atoms with Crippen molar-refractivity contribution in [1.82, 2.24) is 0 Å². The molecular weight excluding hydrogens is 336 g/mol. The summed E-state index contributed by atoms with van der Waals surface area (Å²) in [6, 6.07) is 12.1. The second-order valence-electron chi connectivity index (χ2n) is 4.50. The molecule has 2 aromatic rings. The van der Waals surface area contributed by atoms with Gasteiger partial charge in [-0.1, -0.05) is 15.9 Å². The normalized spacial score (nSPS) is 10.4. The van der Waals surface area contributed by atoms with E-state index in [1.165, 1.54) is 12.1 Å². The average molecular weight is 351 g/mol. The summed E-state index contributed by atoms with van der Waals surface area (Å²) in [5.41, 5.74) is 7.59. The summed E-state index contributed by atoms with van der Waals surface area (Å²) in [5.74, 6) is 0.780. The van der Waals surface area contributed by atoms with E-state index in [2.05, 4.69) is 15.9 Å². The minimum atomic E-state index is -0.418. The fourth-order valence-corrected chi connectivity index (χ4v) is 2.32. The summed E-state index contributed by atoms with van der Waals surface area (Å²) in [7, 11) is 0. The maximum absolute atomic E-state index is 10.6. The molecule has 2 rings (SSSR count). The van der Waals surface area contributed by atoms with Crippen molar-refractivity contribution >= 4 is 21.6 Å². The molecule has 0 atom stereocenters. The number of rotatable bonds is 6. The van der Waals surface area contributed by atoms with Crippen LogP contribution >= 0.6 is 15.9 Å². The lowest BCUT2D eigenvalue weighted by atomic mass is 10.1. The Balaban J connectivity index is 2.07. The van der Waals surface area contributed by atoms with Gasteiger partial charge in [-0.15, -0.1) is 0 Å². The summed E-state index contributed by atoms with van der Waals surface area (Å²) < 4.78 is 6.77. The number of halogens is 1. The van der Waals surface area contributed by atoms with E-state index in [0.717, 1.165) is 27.8 Å². The zero-order valence-corrected chi connectivity index (χ0v) is 12.9. The zero-order valence-electron chi connectivity index (χ0n) is 11.3. The molecule has 0 radical (unpaired) electrons. The van der Waals surface area contributed by atoms with Crippen LogP contribution in [0.4, 0.5) is 5.69 Å². The first kappa shape index (κ1) is 15.5. The van der Waals surface area contributed by atoms with Gasteiger partial charge in [0, 0.05) is 16.6 Å². The maximum atomic E-state index is 10.6. The lowest BCUT2D eigenvalue weighted by Gasteiger charge is -2.11. The van der Waals surface area contributed by atoms with E-state index in [0.29, 0.717) is 13.2 Å². The van der Waals surface area contributed by atoms with Gasteiger partial charge in [-0.2, -0.15) is 0 Å². The summed E-state index contributed by atoms with van der Waals surface area (Å²) in [6.07, 6.45) is 0.731. The van der Waals surface area contributed by atoms with Gasteiger partial charge in [-0.3, -0.25) is 10.1 Å². The van der Waals surface area contributed by atoms with Crippen molar-refractivity contribution in [2.45, 2.75) is 13.0 Å². The Labute approximate surface area is 131 Å². The smallest absolute Gasteiger partial charge is 0.269 e. The molecule has 0 saturated heterocycles. The summed E-state index contributed by atoms with van der Waals surface area (Å²) in [4.78, 5) is 10.2. The molecule has 0 aromatic heterocycles. The number of nitro benzene ring substituents is 1. The lowest BCUT2D eigenvalue weighted by molar-refractivity contribution is -0.384. The molecule has 2 aromatic carbocycles. The number of benzene rings is 2. The maximum Gasteiger partial charge on any atom is 0.269 e. The van der Waals surface area contributed by atoms with Crippen LogP contribution in [0, 0.1) is 10.1 Å². The van der Waals surface area contributed by atoms with Crippen LogP contribution in [0.2, 0.25) is 0 Å². The number of nitrogens with two attached hydrogens (primary N) is 1. The summed E-state index contributed by atoms with van der Waals surface area (Å²) in [5, 5.41) is 10.6. The minimum absolute atomic E-state index is 0.0752. The number of hydrogen-bond donors (Lipinski definition) is 1. The van der Waals surface area contributed by atoms with Crippen molar-refractivity contribution in [2.24, 2.45) is 5.73 Å². The lowest BCUT2D eigenvalue weighted by Crippen LogP contribution is -2.05. The zero-order chi connectivity index (χ0) is 15.2. The van der Waals surface area contributed by atoms with Crippen LogP contribution in [0.15, 0.2) is 46.9 Å². The van der Waals surface area contributed by atoms with E-state index >= 15 is 0 Å². The average Bonchev–Trinajstić information content (AvgIpc) is 2.47. The van der Waals surface area contributed by atoms with Crippen LogP contribution in [0.1, 0.15) is 11.1 Å². The standard InChI is InChI=1S/C15H15BrN2O3/c16-13-3-6-15(12(9-13)7-8-17)21-10-11-1-4-14(5-2-11)18(19)20/h1-6,9H,7-8,10,17H2. The predicted octanol–water partition coefficient (Wildman–Crippen LogP) is 3.44. The van der Waals surface area contributed by atoms with E-state index in [1.807, 2.05) is 18.2 Å². The molecule has 2 N–H and O–H groups in total. The highest BCUT2D eigenvalue weighted by molar-refractivity contribution is 9.10. The predicted molar refractivity (Wildman–Crippen MR) is 84.3 cm³/mol. The Bertz CT molecular complexity index is 629. The number of hydrogen-bond acceptors (Lipinski definition) is 4. The third kappa shape index (κ3) is 4.27. The molecule has 21 heavy (non-hydrogen) atoms. The van der Waals surface area contributed by atoms with Crippen LogP contribution < -0.4 is 10.5 Å². The summed E-state index contributed by atoms with van der Waals surface area (Å²) in [6.45, 7) is 0.904. The van der Waals surface area contributed by atoms with Crippen molar-refractivity contribution in [2.75, 3.05) is 6.54 Å². The van der Waals surface area contributed by atoms with Crippen LogP contribution in [-0.4, -0.2) is 11.5 Å². The second-order valence-corrected chi connectivity index (χ2v) is 5.42. The Morgan fingerprint density at radius 1 is 1.19 bits per heavy atom. The third-order valence-corrected chi connectivity index (χ3v) is 3.47. The molecule has 0 spiro atoms. The number of nitrogens with zero attached hydrogens (tertiary/aromatic N) is 1. The van der Waals surface area contributed by atoms with E-state index < -0.39 is 4.92 Å². The Morgan fingerprint density at radius 3 is 2.52 bits per heavy atom. The molecule has 0 unspecified atom stereocenters. The fourth-order valence-electron chi connectivity index (χ4n) is 1.91. The topological polar surface area (TPSA) is 78.4 Å². The van der Waals surface area contributed by atoms with Crippen molar-refractivity contribution in [3.63, 3.8) is 0 Å². The molecule has 0 bridgehead atoms. The first-order chi connectivity index (χ1) is 10.1. The Hall–Kier alpha value is -1.92. The van der Waals surface area contributed by atoms with Crippen LogP contribution in [-0.2, 0) is 13.0 Å². The van der Waals surface area contributed by atoms with Crippen LogP contribution in [0.5, 0.6) is 5.75 Å². The van der Waals surface area contributed by atoms with Gasteiger partial charge in [0.1, 0.15) is 12.4 Å². The van der Waals surface area contributed by atoms with Gasteiger partial charge in [-0.05, 0) is 54.4 Å². The third-order valence-electron chi connectivity index (χ3n) is 2.98. The molecule has 6 heteroatoms. The second kappa shape index (κ2) is 7.19. The van der Waals surface area contributed by atoms with E-state index in [4.69, 9.17) is 10.5 Å². The van der Waals surface area contributed by atoms with Gasteiger partial charge in [0.25, 0.3) is 5.69 Å². The largest absolute Gasteiger partial charge is 0.489 e. The van der Waals surface area contributed by atoms with Crippen molar-refractivity contribution in [1.29, 1.82) is 0 Å². The highest BCUT2D eigenvalue weighted by atomic mass is 79.9. The first-order valence-electron chi connectivity index (χ1n) is 6.45. The van der Waals surface area contributed by atoms with Crippen molar-refractivity contribution in [3.05, 3.63) is 68.2 Å². The van der Waals surface area contributed by atoms with Crippen molar-refractivity contribution in [3.8, 4) is 5.75 Å². The molecule has 110 valence electrons. The van der Waals surface area contributed by atoms with Gasteiger partial charge in [0.05, 0.1) is 4.92 Å². The van der Waals surface area contributed by atoms with E-state index in [9.17, 15) is 10.1 Å². The fraction of sp³-hybridized carbons (Fsp3) is 0.200. The number of non-ortho nitro benzene ring substituents is 1. The van der Waals surface area contributed by atoms with Gasteiger partial charge < -0.3 is 10.5 Å². The Kier molecular flexibility index (Phi) is 5.30. The molecule has 0 aliphatic rings. The number of nitro groups is 1. The van der Waals surface area contributed by atoms with Crippen LogP contribution in [0.25, 0.3) is 0 Å². The molecule has 0 aliphatic heterocycles. The molecule has 0 aliphatic carbocycles. The molecule has 0 fully saturated rings. The molecular formula is C15H15BrN2O3. The highest BCUT2D eigenvalue weighted by Crippen LogP contribution is 2.24. The summed E-state index contributed by atoms with van der Waals surface area (Å²) >= 11 is 3.42. The van der Waals surface area contributed by atoms with Crippen molar-refractivity contribution < 1.29 is 9.66 Å². The van der Waals surface area contributed by atoms with Gasteiger partial charge in [-0.25, -0.2) is 0 Å². The minimum Gasteiger partial charge on any atom is -0.489 e. The molecule has 5 nitrogen and oxygen atoms in total. The first-order valence-corrected chi connectivity index (χ1v) is 7.24. The number of ether oxygens (including phenoxy) is 1. The van der Waals surface area contributed by atoms with Gasteiger partial charge in [0.15, 0.2) is 0 Å². The SMILES string of the molecule is NCCc1cc(Br)ccc1OCc1ccc([N+](=O)[O-])cc1. The van der Waals surface area contributed by atoms with E-state index in [-0.39, 0.29) is 5.69 Å². The van der Waals surface area contributed by atoms with Crippen LogP contribution in [0.3, 0.4) is 0 Å². The van der Waals surface area contributed by atoms with Gasteiger partial charge in [0.2, 0.25) is 0 Å². The quantitative estimate of drug-likeness (QED) is 0.639. The van der Waals surface area contributed by atoms with Gasteiger partial charge >= 0.3 is 0 Å².